The zero-order valence-corrected chi connectivity index (χ0v) is 6.36. The summed E-state index contributed by atoms with van der Waals surface area (Å²) in [5.41, 5.74) is 0. The average Bonchev–Trinajstić information content (AvgIpc) is 2.17. The van der Waals surface area contributed by atoms with Gasteiger partial charge in [0.2, 0.25) is 0 Å². The first-order chi connectivity index (χ1) is 5.90. The van der Waals surface area contributed by atoms with Gasteiger partial charge in [0.1, 0.15) is 0 Å². The van der Waals surface area contributed by atoms with Gasteiger partial charge in [-0.2, -0.15) is 0 Å². The topological polar surface area (TPSA) is 51.2 Å². The summed E-state index contributed by atoms with van der Waals surface area (Å²) in [5, 5.41) is 3.00. The number of hydrogen-bond donors (Lipinski definition) is 1. The molecule has 0 bridgehead atoms. The highest BCUT2D eigenvalue weighted by molar-refractivity contribution is 5.62. The lowest BCUT2D eigenvalue weighted by Crippen LogP contribution is -2.32. The lowest BCUT2D eigenvalue weighted by molar-refractivity contribution is -0.113. The van der Waals surface area contributed by atoms with E-state index in [0.717, 1.165) is 6.29 Å². The summed E-state index contributed by atoms with van der Waals surface area (Å²) in [5.74, 6) is 1.34. The molecule has 1 aliphatic rings. The largest absolute Gasteiger partial charge is 0.477 e. The van der Waals surface area contributed by atoms with Gasteiger partial charge in [0.05, 0.1) is 6.54 Å². The molecule has 0 amide bonds. The number of aromatic nitrogens is 1. The molecule has 4 heteroatoms. The van der Waals surface area contributed by atoms with E-state index in [1.807, 2.05) is 0 Å². The van der Waals surface area contributed by atoms with Crippen LogP contribution in [0.25, 0.3) is 0 Å². The number of ether oxygens (including phenoxy) is 1. The molecule has 2 heterocycles. The number of aldehydes is 1. The minimum atomic E-state index is -0.387. The van der Waals surface area contributed by atoms with Crippen molar-refractivity contribution in [3.8, 4) is 5.75 Å². The highest BCUT2D eigenvalue weighted by atomic mass is 16.5. The van der Waals surface area contributed by atoms with E-state index in [4.69, 9.17) is 4.74 Å². The zero-order chi connectivity index (χ0) is 8.39. The lowest BCUT2D eigenvalue weighted by Gasteiger charge is -2.22. The van der Waals surface area contributed by atoms with Crippen LogP contribution < -0.4 is 10.1 Å². The number of carbonyl (C=O) groups is 1. The number of pyridine rings is 1. The minimum absolute atomic E-state index is 0.387. The molecule has 1 atom stereocenters. The maximum Gasteiger partial charge on any atom is 0.171 e. The SMILES string of the molecule is O=CC1CNc2n[13cH]ccc2O1. The number of hydrogen-bond acceptors (Lipinski definition) is 4. The fourth-order valence-electron chi connectivity index (χ4n) is 1.10. The van der Waals surface area contributed by atoms with Gasteiger partial charge in [0.15, 0.2) is 24.0 Å². The minimum Gasteiger partial charge on any atom is -0.477 e. The van der Waals surface area contributed by atoms with E-state index < -0.39 is 0 Å². The third-order valence-electron chi connectivity index (χ3n) is 1.67. The first kappa shape index (κ1) is 7.09. The van der Waals surface area contributed by atoms with E-state index in [-0.39, 0.29) is 6.10 Å². The normalized spacial score (nSPS) is 20.2. The van der Waals surface area contributed by atoms with Crippen molar-refractivity contribution in [2.75, 3.05) is 11.9 Å². The van der Waals surface area contributed by atoms with Crippen LogP contribution in [0.15, 0.2) is 18.3 Å². The summed E-state index contributed by atoms with van der Waals surface area (Å²) in [6.07, 6.45) is 2.07. The van der Waals surface area contributed by atoms with Gasteiger partial charge in [0, 0.05) is 6.20 Å². The van der Waals surface area contributed by atoms with Gasteiger partial charge < -0.3 is 10.1 Å². The van der Waals surface area contributed by atoms with Crippen molar-refractivity contribution in [3.05, 3.63) is 18.3 Å². The van der Waals surface area contributed by atoms with Crippen LogP contribution in [0.5, 0.6) is 5.75 Å². The number of carbonyl (C=O) groups excluding carboxylic acids is 1. The molecule has 0 aliphatic carbocycles. The molecule has 62 valence electrons. The van der Waals surface area contributed by atoms with Gasteiger partial charge in [-0.05, 0) is 12.1 Å². The quantitative estimate of drug-likeness (QED) is 0.614. The third-order valence-corrected chi connectivity index (χ3v) is 1.67. The Hall–Kier alpha value is -1.58. The van der Waals surface area contributed by atoms with Gasteiger partial charge in [0.25, 0.3) is 0 Å². The number of nitrogens with zero attached hydrogens (tertiary/aromatic N) is 1. The maximum atomic E-state index is 10.4. The highest BCUT2D eigenvalue weighted by Crippen LogP contribution is 2.24. The standard InChI is InChI=1S/C8H8N2O2/c11-5-6-4-10-8-7(12-6)2-1-3-9-8/h1-3,5-6H,4H2,(H,9,10)/i3+1. The number of nitrogens with one attached hydrogen (secondary N) is 1. The summed E-state index contributed by atoms with van der Waals surface area (Å²) in [4.78, 5) is 14.4. The molecular weight excluding hydrogens is 157 g/mol. The summed E-state index contributed by atoms with van der Waals surface area (Å²) in [6, 6.07) is 3.55. The van der Waals surface area contributed by atoms with Crippen molar-refractivity contribution in [2.24, 2.45) is 0 Å². The van der Waals surface area contributed by atoms with Gasteiger partial charge in [-0.3, -0.25) is 4.79 Å². The van der Waals surface area contributed by atoms with Crippen molar-refractivity contribution in [2.45, 2.75) is 6.10 Å². The first-order valence-electron chi connectivity index (χ1n) is 3.71. The van der Waals surface area contributed by atoms with Crippen molar-refractivity contribution in [1.29, 1.82) is 0 Å². The molecule has 12 heavy (non-hydrogen) atoms. The summed E-state index contributed by atoms with van der Waals surface area (Å²) < 4.78 is 5.29. The van der Waals surface area contributed by atoms with Crippen LogP contribution in [0.2, 0.25) is 0 Å². The first-order valence-corrected chi connectivity index (χ1v) is 3.71. The van der Waals surface area contributed by atoms with Gasteiger partial charge in [-0.25, -0.2) is 4.98 Å². The predicted octanol–water partition coefficient (Wildman–Crippen LogP) is 0.453. The highest BCUT2D eigenvalue weighted by Gasteiger charge is 2.18. The van der Waals surface area contributed by atoms with Crippen molar-refractivity contribution in [1.82, 2.24) is 4.98 Å². The molecule has 1 unspecified atom stereocenters. The number of rotatable bonds is 1. The van der Waals surface area contributed by atoms with Gasteiger partial charge in [-0.15, -0.1) is 0 Å². The second-order valence-corrected chi connectivity index (χ2v) is 2.52. The second kappa shape index (κ2) is 2.81. The summed E-state index contributed by atoms with van der Waals surface area (Å²) in [6.45, 7) is 0.494. The monoisotopic (exact) mass is 165 g/mol. The van der Waals surface area contributed by atoms with E-state index >= 15 is 0 Å². The Morgan fingerprint density at radius 1 is 1.75 bits per heavy atom. The summed E-state index contributed by atoms with van der Waals surface area (Å²) >= 11 is 0. The molecule has 1 aliphatic heterocycles. The van der Waals surface area contributed by atoms with Crippen LogP contribution in [0.3, 0.4) is 0 Å². The van der Waals surface area contributed by atoms with Crippen LogP contribution in [-0.4, -0.2) is 23.9 Å². The summed E-state index contributed by atoms with van der Waals surface area (Å²) in [7, 11) is 0. The lowest BCUT2D eigenvalue weighted by atomic mass is 10.3. The Morgan fingerprint density at radius 3 is 3.50 bits per heavy atom. The molecule has 0 saturated heterocycles. The van der Waals surface area contributed by atoms with E-state index in [9.17, 15) is 4.79 Å². The fourth-order valence-corrected chi connectivity index (χ4v) is 1.10. The van der Waals surface area contributed by atoms with E-state index in [2.05, 4.69) is 10.3 Å². The second-order valence-electron chi connectivity index (χ2n) is 2.52. The van der Waals surface area contributed by atoms with Crippen molar-refractivity contribution >= 4 is 12.1 Å². The Labute approximate surface area is 69.6 Å². The van der Waals surface area contributed by atoms with Gasteiger partial charge >= 0.3 is 0 Å². The van der Waals surface area contributed by atoms with Crippen LogP contribution >= 0.6 is 0 Å². The Morgan fingerprint density at radius 2 is 2.67 bits per heavy atom. The number of anilines is 1. The Bertz CT molecular complexity index is 301. The Kier molecular flexibility index (Phi) is 1.66. The molecule has 0 spiro atoms. The molecule has 1 aromatic rings. The van der Waals surface area contributed by atoms with Crippen LogP contribution in [-0.2, 0) is 4.79 Å². The molecule has 0 aromatic carbocycles. The van der Waals surface area contributed by atoms with Gasteiger partial charge in [-0.1, -0.05) is 0 Å². The number of fused-ring (bicyclic) bond motifs is 1. The van der Waals surface area contributed by atoms with E-state index in [1.165, 1.54) is 0 Å². The van der Waals surface area contributed by atoms with Crippen LogP contribution in [0.1, 0.15) is 0 Å². The smallest absolute Gasteiger partial charge is 0.171 e. The fraction of sp³-hybridized carbons (Fsp3) is 0.250. The molecule has 0 saturated carbocycles. The molecule has 0 fully saturated rings. The Balaban J connectivity index is 2.28. The predicted molar refractivity (Wildman–Crippen MR) is 43.2 cm³/mol. The average molecular weight is 165 g/mol. The molecule has 1 aromatic heterocycles. The van der Waals surface area contributed by atoms with Crippen LogP contribution in [0.4, 0.5) is 5.82 Å². The molecule has 4 nitrogen and oxygen atoms in total. The van der Waals surface area contributed by atoms with Crippen LogP contribution in [0, 0.1) is 0 Å². The van der Waals surface area contributed by atoms with Crippen molar-refractivity contribution in [3.63, 3.8) is 0 Å². The molecule has 2 rings (SSSR count). The molecule has 1 N–H and O–H groups in total. The van der Waals surface area contributed by atoms with E-state index in [0.29, 0.717) is 18.1 Å². The molecular formula is C8H8N2O2. The third kappa shape index (κ3) is 1.11. The van der Waals surface area contributed by atoms with E-state index in [1.54, 1.807) is 18.3 Å². The maximum absolute atomic E-state index is 10.4. The van der Waals surface area contributed by atoms with Crippen molar-refractivity contribution < 1.29 is 9.53 Å². The zero-order valence-electron chi connectivity index (χ0n) is 6.36. The molecule has 0 radical (unpaired) electrons.